The first-order valence-electron chi connectivity index (χ1n) is 7.96. The van der Waals surface area contributed by atoms with Crippen molar-refractivity contribution in [3.05, 3.63) is 52.8 Å². The Hall–Kier alpha value is -2.22. The zero-order chi connectivity index (χ0) is 18.0. The summed E-state index contributed by atoms with van der Waals surface area (Å²) in [4.78, 5) is 21.4. The van der Waals surface area contributed by atoms with Crippen molar-refractivity contribution in [3.8, 4) is 0 Å². The lowest BCUT2D eigenvalue weighted by Crippen LogP contribution is -2.26. The number of imidazole rings is 1. The molecule has 2 heterocycles. The minimum atomic E-state index is -2.64. The summed E-state index contributed by atoms with van der Waals surface area (Å²) in [6.45, 7) is 1.30. The van der Waals surface area contributed by atoms with E-state index in [2.05, 4.69) is 9.97 Å². The summed E-state index contributed by atoms with van der Waals surface area (Å²) < 4.78 is 28.4. The molecule has 1 aromatic carbocycles. The van der Waals surface area contributed by atoms with Gasteiger partial charge in [-0.2, -0.15) is 8.78 Å². The SMILES string of the molecule is CC[C@@H](C)n1c(SCc2nccn2C(F)F)nc2ccccc2c1=O. The first-order chi connectivity index (χ1) is 12.0. The molecule has 132 valence electrons. The largest absolute Gasteiger partial charge is 0.319 e. The molecule has 0 aliphatic heterocycles. The molecule has 3 aromatic rings. The number of fused-ring (bicyclic) bond motifs is 1. The Morgan fingerprint density at radius 2 is 2.04 bits per heavy atom. The molecule has 0 amide bonds. The van der Waals surface area contributed by atoms with E-state index in [1.807, 2.05) is 19.9 Å². The molecule has 0 spiro atoms. The Labute approximate surface area is 147 Å². The lowest BCUT2D eigenvalue weighted by atomic mass is 10.2. The number of nitrogens with zero attached hydrogens (tertiary/aromatic N) is 4. The highest BCUT2D eigenvalue weighted by Crippen LogP contribution is 2.26. The van der Waals surface area contributed by atoms with E-state index in [1.54, 1.807) is 22.8 Å². The van der Waals surface area contributed by atoms with Crippen LogP contribution in [0.25, 0.3) is 10.9 Å². The van der Waals surface area contributed by atoms with Crippen LogP contribution in [-0.2, 0) is 5.75 Å². The Kier molecular flexibility index (Phi) is 5.17. The normalized spacial score (nSPS) is 12.8. The molecule has 0 radical (unpaired) electrons. The van der Waals surface area contributed by atoms with Gasteiger partial charge in [-0.1, -0.05) is 30.8 Å². The van der Waals surface area contributed by atoms with E-state index in [-0.39, 0.29) is 23.2 Å². The van der Waals surface area contributed by atoms with Crippen LogP contribution in [-0.4, -0.2) is 19.1 Å². The van der Waals surface area contributed by atoms with Crippen LogP contribution in [0.3, 0.4) is 0 Å². The second-order valence-electron chi connectivity index (χ2n) is 5.66. The number of para-hydroxylation sites is 1. The molecule has 0 bridgehead atoms. The highest BCUT2D eigenvalue weighted by atomic mass is 32.2. The van der Waals surface area contributed by atoms with E-state index in [0.717, 1.165) is 11.0 Å². The summed E-state index contributed by atoms with van der Waals surface area (Å²) in [5.41, 5.74) is 0.492. The summed E-state index contributed by atoms with van der Waals surface area (Å²) in [7, 11) is 0. The molecule has 5 nitrogen and oxygen atoms in total. The van der Waals surface area contributed by atoms with Crippen LogP contribution in [0, 0.1) is 0 Å². The minimum absolute atomic E-state index is 0.0399. The number of aromatic nitrogens is 4. The van der Waals surface area contributed by atoms with E-state index >= 15 is 0 Å². The molecule has 0 saturated heterocycles. The van der Waals surface area contributed by atoms with Gasteiger partial charge in [0, 0.05) is 18.4 Å². The Morgan fingerprint density at radius 1 is 1.28 bits per heavy atom. The van der Waals surface area contributed by atoms with E-state index in [0.29, 0.717) is 16.1 Å². The molecule has 25 heavy (non-hydrogen) atoms. The average Bonchev–Trinajstić information content (AvgIpc) is 3.08. The van der Waals surface area contributed by atoms with Crippen molar-refractivity contribution < 1.29 is 8.78 Å². The third-order valence-corrected chi connectivity index (χ3v) is 5.05. The maximum atomic E-state index is 13.0. The maximum absolute atomic E-state index is 13.0. The molecular weight excluding hydrogens is 346 g/mol. The lowest BCUT2D eigenvalue weighted by molar-refractivity contribution is 0.0678. The first-order valence-corrected chi connectivity index (χ1v) is 8.95. The highest BCUT2D eigenvalue weighted by molar-refractivity contribution is 7.98. The Balaban J connectivity index is 2.02. The van der Waals surface area contributed by atoms with Crippen LogP contribution < -0.4 is 5.56 Å². The van der Waals surface area contributed by atoms with Crippen LogP contribution in [0.15, 0.2) is 46.6 Å². The van der Waals surface area contributed by atoms with Crippen LogP contribution in [0.4, 0.5) is 8.78 Å². The molecule has 3 rings (SSSR count). The van der Waals surface area contributed by atoms with Crippen LogP contribution in [0.5, 0.6) is 0 Å². The Bertz CT molecular complexity index is 938. The number of thioether (sulfide) groups is 1. The predicted octanol–water partition coefficient (Wildman–Crippen LogP) is 4.25. The van der Waals surface area contributed by atoms with E-state index < -0.39 is 6.55 Å². The smallest absolute Gasteiger partial charge is 0.284 e. The van der Waals surface area contributed by atoms with Gasteiger partial charge in [-0.3, -0.25) is 13.9 Å². The first kappa shape index (κ1) is 17.6. The van der Waals surface area contributed by atoms with Crippen molar-refractivity contribution in [2.24, 2.45) is 0 Å². The van der Waals surface area contributed by atoms with Gasteiger partial charge in [0.25, 0.3) is 5.56 Å². The molecular formula is C17H18F2N4OS. The van der Waals surface area contributed by atoms with E-state index in [9.17, 15) is 13.6 Å². The van der Waals surface area contributed by atoms with Gasteiger partial charge in [-0.05, 0) is 25.5 Å². The van der Waals surface area contributed by atoms with Crippen molar-refractivity contribution in [1.82, 2.24) is 19.1 Å². The summed E-state index contributed by atoms with van der Waals surface area (Å²) >= 11 is 1.24. The molecule has 0 aliphatic rings. The zero-order valence-electron chi connectivity index (χ0n) is 13.9. The zero-order valence-corrected chi connectivity index (χ0v) is 14.7. The predicted molar refractivity (Wildman–Crippen MR) is 94.0 cm³/mol. The third kappa shape index (κ3) is 3.44. The molecule has 0 fully saturated rings. The molecule has 2 aromatic heterocycles. The van der Waals surface area contributed by atoms with Gasteiger partial charge in [0.15, 0.2) is 5.16 Å². The number of rotatable bonds is 6. The molecule has 0 unspecified atom stereocenters. The van der Waals surface area contributed by atoms with Gasteiger partial charge < -0.3 is 0 Å². The van der Waals surface area contributed by atoms with Gasteiger partial charge >= 0.3 is 6.55 Å². The van der Waals surface area contributed by atoms with Crippen molar-refractivity contribution in [2.75, 3.05) is 0 Å². The molecule has 0 aliphatic carbocycles. The van der Waals surface area contributed by atoms with Crippen LogP contribution in [0.2, 0.25) is 0 Å². The van der Waals surface area contributed by atoms with Gasteiger partial charge in [0.05, 0.1) is 16.7 Å². The highest BCUT2D eigenvalue weighted by Gasteiger charge is 2.17. The quantitative estimate of drug-likeness (QED) is 0.485. The van der Waals surface area contributed by atoms with Crippen LogP contribution >= 0.6 is 11.8 Å². The average molecular weight is 364 g/mol. The molecule has 0 N–H and O–H groups in total. The number of alkyl halides is 2. The molecule has 0 saturated carbocycles. The number of benzene rings is 1. The van der Waals surface area contributed by atoms with Crippen molar-refractivity contribution in [3.63, 3.8) is 0 Å². The second kappa shape index (κ2) is 7.35. The fraction of sp³-hybridized carbons (Fsp3) is 0.353. The summed E-state index contributed by atoms with van der Waals surface area (Å²) in [6, 6.07) is 7.12. The van der Waals surface area contributed by atoms with Gasteiger partial charge in [0.1, 0.15) is 5.82 Å². The van der Waals surface area contributed by atoms with Gasteiger partial charge in [-0.25, -0.2) is 9.97 Å². The topological polar surface area (TPSA) is 52.7 Å². The fourth-order valence-corrected chi connectivity index (χ4v) is 3.61. The van der Waals surface area contributed by atoms with Crippen molar-refractivity contribution in [2.45, 2.75) is 43.8 Å². The number of halogens is 2. The fourth-order valence-electron chi connectivity index (χ4n) is 2.56. The van der Waals surface area contributed by atoms with E-state index in [1.165, 1.54) is 24.2 Å². The maximum Gasteiger partial charge on any atom is 0.319 e. The second-order valence-corrected chi connectivity index (χ2v) is 6.60. The van der Waals surface area contributed by atoms with Crippen molar-refractivity contribution in [1.29, 1.82) is 0 Å². The number of hydrogen-bond donors (Lipinski definition) is 0. The number of hydrogen-bond acceptors (Lipinski definition) is 4. The summed E-state index contributed by atoms with van der Waals surface area (Å²) in [5, 5.41) is 1.07. The summed E-state index contributed by atoms with van der Waals surface area (Å²) in [5.74, 6) is 0.455. The van der Waals surface area contributed by atoms with Crippen LogP contribution in [0.1, 0.15) is 38.7 Å². The molecule has 8 heteroatoms. The monoisotopic (exact) mass is 364 g/mol. The minimum Gasteiger partial charge on any atom is -0.284 e. The van der Waals surface area contributed by atoms with E-state index in [4.69, 9.17) is 0 Å². The van der Waals surface area contributed by atoms with Crippen molar-refractivity contribution >= 4 is 22.7 Å². The summed E-state index contributed by atoms with van der Waals surface area (Å²) in [6.07, 6.45) is 3.35. The Morgan fingerprint density at radius 3 is 2.76 bits per heavy atom. The molecule has 1 atom stereocenters. The standard InChI is InChI=1S/C17H18F2N4OS/c1-3-11(2)23-15(24)12-6-4-5-7-13(12)21-17(23)25-10-14-20-8-9-22(14)16(18)19/h4-9,11,16H,3,10H2,1-2H3/t11-/m1/s1. The third-order valence-electron chi connectivity index (χ3n) is 4.10. The van der Waals surface area contributed by atoms with Gasteiger partial charge in [0.2, 0.25) is 0 Å². The van der Waals surface area contributed by atoms with Gasteiger partial charge in [-0.15, -0.1) is 0 Å². The lowest BCUT2D eigenvalue weighted by Gasteiger charge is -2.18.